The number of rotatable bonds is 2. The summed E-state index contributed by atoms with van der Waals surface area (Å²) in [5, 5.41) is 0. The maximum Gasteiger partial charge on any atom is 0.138 e. The molecule has 1 spiro atoms. The van der Waals surface area contributed by atoms with Crippen LogP contribution in [0.2, 0.25) is 0 Å². The van der Waals surface area contributed by atoms with Crippen LogP contribution in [0.15, 0.2) is 24.5 Å². The van der Waals surface area contributed by atoms with E-state index in [9.17, 15) is 0 Å². The standard InChI is InChI=1S/C13H17NO3/c1-2-12(9-14-5-1)17-11-3-6-16-13(8-11)4-7-15-10-13/h1-2,5,9,11H,3-4,6-8,10H2. The molecule has 17 heavy (non-hydrogen) atoms. The van der Waals surface area contributed by atoms with Crippen molar-refractivity contribution < 1.29 is 14.2 Å². The van der Waals surface area contributed by atoms with E-state index in [1.54, 1.807) is 12.4 Å². The minimum absolute atomic E-state index is 0.0921. The van der Waals surface area contributed by atoms with Crippen molar-refractivity contribution in [2.75, 3.05) is 19.8 Å². The minimum Gasteiger partial charge on any atom is -0.489 e. The predicted molar refractivity (Wildman–Crippen MR) is 62.0 cm³/mol. The molecule has 2 fully saturated rings. The number of aromatic nitrogens is 1. The van der Waals surface area contributed by atoms with E-state index in [4.69, 9.17) is 14.2 Å². The first-order valence-electron chi connectivity index (χ1n) is 6.15. The van der Waals surface area contributed by atoms with Crippen LogP contribution in [-0.4, -0.2) is 36.5 Å². The molecule has 0 bridgehead atoms. The Labute approximate surface area is 101 Å². The van der Waals surface area contributed by atoms with Crippen molar-refractivity contribution in [2.24, 2.45) is 0 Å². The molecule has 3 heterocycles. The predicted octanol–water partition coefficient (Wildman–Crippen LogP) is 1.80. The molecule has 2 saturated heterocycles. The van der Waals surface area contributed by atoms with Crippen LogP contribution in [0.3, 0.4) is 0 Å². The number of pyridine rings is 1. The van der Waals surface area contributed by atoms with E-state index in [1.165, 1.54) is 0 Å². The van der Waals surface area contributed by atoms with E-state index in [1.807, 2.05) is 12.1 Å². The molecule has 2 aliphatic heterocycles. The van der Waals surface area contributed by atoms with Gasteiger partial charge < -0.3 is 14.2 Å². The first-order chi connectivity index (χ1) is 8.36. The Bertz CT molecular complexity index is 362. The van der Waals surface area contributed by atoms with Gasteiger partial charge in [0.15, 0.2) is 0 Å². The quantitative estimate of drug-likeness (QED) is 0.783. The molecule has 0 radical (unpaired) electrons. The van der Waals surface area contributed by atoms with Crippen LogP contribution in [0.5, 0.6) is 5.75 Å². The van der Waals surface area contributed by atoms with Crippen LogP contribution in [-0.2, 0) is 9.47 Å². The lowest BCUT2D eigenvalue weighted by molar-refractivity contribution is -0.112. The molecule has 3 rings (SSSR count). The van der Waals surface area contributed by atoms with E-state index >= 15 is 0 Å². The summed E-state index contributed by atoms with van der Waals surface area (Å²) in [6.07, 6.45) is 6.57. The lowest BCUT2D eigenvalue weighted by Crippen LogP contribution is -2.44. The van der Waals surface area contributed by atoms with Crippen molar-refractivity contribution in [1.29, 1.82) is 0 Å². The van der Waals surface area contributed by atoms with Gasteiger partial charge in [0, 0.05) is 32.1 Å². The summed E-state index contributed by atoms with van der Waals surface area (Å²) in [5.41, 5.74) is -0.0921. The summed E-state index contributed by atoms with van der Waals surface area (Å²) in [7, 11) is 0. The highest BCUT2D eigenvalue weighted by Gasteiger charge is 2.41. The fourth-order valence-electron chi connectivity index (χ4n) is 2.56. The fourth-order valence-corrected chi connectivity index (χ4v) is 2.56. The third kappa shape index (κ3) is 2.42. The van der Waals surface area contributed by atoms with Crippen molar-refractivity contribution >= 4 is 0 Å². The normalized spacial score (nSPS) is 32.8. The van der Waals surface area contributed by atoms with Crippen LogP contribution >= 0.6 is 0 Å². The van der Waals surface area contributed by atoms with Crippen LogP contribution in [0.4, 0.5) is 0 Å². The summed E-state index contributed by atoms with van der Waals surface area (Å²) in [5.74, 6) is 0.841. The maximum atomic E-state index is 5.94. The maximum absolute atomic E-state index is 5.94. The van der Waals surface area contributed by atoms with Gasteiger partial charge in [0.2, 0.25) is 0 Å². The zero-order valence-corrected chi connectivity index (χ0v) is 9.80. The van der Waals surface area contributed by atoms with E-state index in [0.717, 1.165) is 38.2 Å². The highest BCUT2D eigenvalue weighted by Crippen LogP contribution is 2.34. The molecule has 2 atom stereocenters. The lowest BCUT2D eigenvalue weighted by atomic mass is 9.91. The third-order valence-electron chi connectivity index (χ3n) is 3.45. The Kier molecular flexibility index (Phi) is 2.99. The Morgan fingerprint density at radius 1 is 1.41 bits per heavy atom. The van der Waals surface area contributed by atoms with E-state index in [-0.39, 0.29) is 11.7 Å². The summed E-state index contributed by atoms with van der Waals surface area (Å²) in [4.78, 5) is 4.06. The zero-order chi connectivity index (χ0) is 11.6. The van der Waals surface area contributed by atoms with Crippen LogP contribution in [0.1, 0.15) is 19.3 Å². The first kappa shape index (κ1) is 11.0. The molecule has 92 valence electrons. The number of hydrogen-bond acceptors (Lipinski definition) is 4. The van der Waals surface area contributed by atoms with Crippen molar-refractivity contribution in [3.05, 3.63) is 24.5 Å². The van der Waals surface area contributed by atoms with Gasteiger partial charge in [-0.15, -0.1) is 0 Å². The number of ether oxygens (including phenoxy) is 3. The van der Waals surface area contributed by atoms with Gasteiger partial charge in [-0.3, -0.25) is 4.98 Å². The second-order valence-electron chi connectivity index (χ2n) is 4.76. The topological polar surface area (TPSA) is 40.6 Å². The summed E-state index contributed by atoms with van der Waals surface area (Å²) >= 11 is 0. The number of hydrogen-bond donors (Lipinski definition) is 0. The van der Waals surface area contributed by atoms with Gasteiger partial charge in [0.25, 0.3) is 0 Å². The summed E-state index contributed by atoms with van der Waals surface area (Å²) < 4.78 is 17.3. The largest absolute Gasteiger partial charge is 0.489 e. The van der Waals surface area contributed by atoms with Gasteiger partial charge in [-0.2, -0.15) is 0 Å². The molecular weight excluding hydrogens is 218 g/mol. The molecule has 0 N–H and O–H groups in total. The first-order valence-corrected chi connectivity index (χ1v) is 6.15. The average molecular weight is 235 g/mol. The van der Waals surface area contributed by atoms with Gasteiger partial charge in [0.05, 0.1) is 25.0 Å². The second-order valence-corrected chi connectivity index (χ2v) is 4.76. The Hall–Kier alpha value is -1.13. The molecule has 0 saturated carbocycles. The minimum atomic E-state index is -0.0921. The molecule has 0 aliphatic carbocycles. The summed E-state index contributed by atoms with van der Waals surface area (Å²) in [6.45, 7) is 2.27. The second kappa shape index (κ2) is 4.63. The molecule has 1 aromatic heterocycles. The molecule has 1 aromatic rings. The Morgan fingerprint density at radius 2 is 2.41 bits per heavy atom. The van der Waals surface area contributed by atoms with Gasteiger partial charge in [-0.1, -0.05) is 0 Å². The van der Waals surface area contributed by atoms with Crippen molar-refractivity contribution in [2.45, 2.75) is 31.0 Å². The van der Waals surface area contributed by atoms with E-state index < -0.39 is 0 Å². The molecule has 4 heteroatoms. The Morgan fingerprint density at radius 3 is 3.18 bits per heavy atom. The summed E-state index contributed by atoms with van der Waals surface area (Å²) in [6, 6.07) is 3.84. The van der Waals surface area contributed by atoms with E-state index in [0.29, 0.717) is 6.61 Å². The zero-order valence-electron chi connectivity index (χ0n) is 9.80. The molecule has 2 unspecified atom stereocenters. The van der Waals surface area contributed by atoms with Gasteiger partial charge >= 0.3 is 0 Å². The highest BCUT2D eigenvalue weighted by molar-refractivity contribution is 5.16. The van der Waals surface area contributed by atoms with Crippen LogP contribution < -0.4 is 4.74 Å². The van der Waals surface area contributed by atoms with Crippen molar-refractivity contribution in [1.82, 2.24) is 4.98 Å². The van der Waals surface area contributed by atoms with Crippen LogP contribution in [0.25, 0.3) is 0 Å². The van der Waals surface area contributed by atoms with Crippen molar-refractivity contribution in [3.63, 3.8) is 0 Å². The van der Waals surface area contributed by atoms with Gasteiger partial charge in [-0.05, 0) is 12.1 Å². The molecule has 0 aromatic carbocycles. The SMILES string of the molecule is c1cncc(OC2CCOC3(CCOC3)C2)c1. The monoisotopic (exact) mass is 235 g/mol. The molecule has 4 nitrogen and oxygen atoms in total. The average Bonchev–Trinajstić information content (AvgIpc) is 2.79. The molecular formula is C13H17NO3. The lowest BCUT2D eigenvalue weighted by Gasteiger charge is -2.36. The van der Waals surface area contributed by atoms with Crippen LogP contribution in [0, 0.1) is 0 Å². The highest BCUT2D eigenvalue weighted by atomic mass is 16.6. The Balaban J connectivity index is 1.64. The van der Waals surface area contributed by atoms with E-state index in [2.05, 4.69) is 4.98 Å². The van der Waals surface area contributed by atoms with Gasteiger partial charge in [-0.25, -0.2) is 0 Å². The third-order valence-corrected chi connectivity index (χ3v) is 3.45. The van der Waals surface area contributed by atoms with Gasteiger partial charge in [0.1, 0.15) is 11.9 Å². The molecule has 2 aliphatic rings. The fraction of sp³-hybridized carbons (Fsp3) is 0.615. The smallest absolute Gasteiger partial charge is 0.138 e. The van der Waals surface area contributed by atoms with Crippen molar-refractivity contribution in [3.8, 4) is 5.75 Å². The number of nitrogens with zero attached hydrogens (tertiary/aromatic N) is 1. The molecule has 0 amide bonds.